The second-order valence-electron chi connectivity index (χ2n) is 4.59. The average molecular weight is 343 g/mol. The third-order valence-electron chi connectivity index (χ3n) is 2.76. The molecule has 1 aromatic carbocycles. The van der Waals surface area contributed by atoms with E-state index in [2.05, 4.69) is 0 Å². The number of aromatic hydroxyl groups is 1. The summed E-state index contributed by atoms with van der Waals surface area (Å²) < 4.78 is 37.6. The number of hydrogen-bond donors (Lipinski definition) is 2. The summed E-state index contributed by atoms with van der Waals surface area (Å²) in [6.07, 6.45) is -4.38. The van der Waals surface area contributed by atoms with Crippen molar-refractivity contribution in [2.75, 3.05) is 19.7 Å². The Bertz CT molecular complexity index is 540. The highest BCUT2D eigenvalue weighted by Gasteiger charge is 2.31. The summed E-state index contributed by atoms with van der Waals surface area (Å²) in [6, 6.07) is 2.09. The third kappa shape index (κ3) is 5.66. The number of benzene rings is 1. The molecule has 0 spiro atoms. The quantitative estimate of drug-likeness (QED) is 0.587. The van der Waals surface area contributed by atoms with Crippen LogP contribution >= 0.6 is 11.6 Å². The minimum atomic E-state index is -4.48. The second kappa shape index (κ2) is 7.61. The first-order valence-corrected chi connectivity index (χ1v) is 6.57. The zero-order valence-corrected chi connectivity index (χ0v) is 12.1. The van der Waals surface area contributed by atoms with Gasteiger partial charge in [0.15, 0.2) is 5.75 Å². The number of phenolic OH excluding ortho intramolecular Hbond substituents is 1. The van der Waals surface area contributed by atoms with Crippen molar-refractivity contribution in [2.45, 2.75) is 19.1 Å². The van der Waals surface area contributed by atoms with Gasteiger partial charge in [0.05, 0.1) is 11.5 Å². The Morgan fingerprint density at radius 1 is 1.36 bits per heavy atom. The maximum Gasteiger partial charge on any atom is 0.401 e. The molecule has 0 aliphatic carbocycles. The fraction of sp³-hybridized carbons (Fsp3) is 0.500. The van der Waals surface area contributed by atoms with Gasteiger partial charge in [-0.15, -0.1) is 0 Å². The summed E-state index contributed by atoms with van der Waals surface area (Å²) >= 11 is 5.69. The normalized spacial score (nSPS) is 11.9. The molecule has 0 atom stereocenters. The summed E-state index contributed by atoms with van der Waals surface area (Å²) in [5.41, 5.74) is -0.752. The minimum absolute atomic E-state index is 0.0615. The van der Waals surface area contributed by atoms with Gasteiger partial charge in [-0.1, -0.05) is 11.6 Å². The number of rotatable bonds is 7. The number of hydrogen-bond acceptors (Lipinski definition) is 5. The van der Waals surface area contributed by atoms with E-state index in [0.717, 1.165) is 11.0 Å². The molecule has 0 saturated heterocycles. The molecule has 124 valence electrons. The molecule has 0 aliphatic heterocycles. The predicted molar refractivity (Wildman–Crippen MR) is 72.8 cm³/mol. The molecule has 0 aromatic heterocycles. The van der Waals surface area contributed by atoms with Crippen LogP contribution in [0.4, 0.5) is 18.9 Å². The van der Waals surface area contributed by atoms with E-state index in [4.69, 9.17) is 16.7 Å². The first kappa shape index (κ1) is 18.5. The van der Waals surface area contributed by atoms with Crippen LogP contribution in [0.25, 0.3) is 0 Å². The minimum Gasteiger partial charge on any atom is -0.502 e. The van der Waals surface area contributed by atoms with Gasteiger partial charge in [0.1, 0.15) is 0 Å². The van der Waals surface area contributed by atoms with Crippen molar-refractivity contribution in [3.63, 3.8) is 0 Å². The van der Waals surface area contributed by atoms with E-state index in [0.29, 0.717) is 0 Å². The molecule has 10 heteroatoms. The highest BCUT2D eigenvalue weighted by molar-refractivity contribution is 6.31. The standard InChI is InChI=1S/C12H14ClF3N2O4/c13-9-4-8(11(20)10(5-9)18(21)22)6-17(2-1-3-19)7-12(14,15)16/h4-5,19-20H,1-3,6-7H2. The molecule has 22 heavy (non-hydrogen) atoms. The number of nitro groups is 1. The van der Waals surface area contributed by atoms with Crippen LogP contribution in [-0.4, -0.2) is 45.9 Å². The SMILES string of the molecule is O=[N+]([O-])c1cc(Cl)cc(CN(CCCO)CC(F)(F)F)c1O. The van der Waals surface area contributed by atoms with Crippen LogP contribution in [0.15, 0.2) is 12.1 Å². The van der Waals surface area contributed by atoms with E-state index in [1.807, 2.05) is 0 Å². The van der Waals surface area contributed by atoms with Gasteiger partial charge in [-0.25, -0.2) is 0 Å². The number of phenols is 1. The molecule has 0 heterocycles. The van der Waals surface area contributed by atoms with Gasteiger partial charge in [0, 0.05) is 36.3 Å². The lowest BCUT2D eigenvalue weighted by atomic mass is 10.1. The predicted octanol–water partition coefficient (Wildman–Crippen LogP) is 2.70. The fourth-order valence-corrected chi connectivity index (χ4v) is 2.14. The van der Waals surface area contributed by atoms with Crippen molar-refractivity contribution >= 4 is 17.3 Å². The zero-order valence-electron chi connectivity index (χ0n) is 11.3. The highest BCUT2D eigenvalue weighted by atomic mass is 35.5. The van der Waals surface area contributed by atoms with Crippen molar-refractivity contribution < 1.29 is 28.3 Å². The molecule has 0 saturated carbocycles. The van der Waals surface area contributed by atoms with Crippen LogP contribution in [0.5, 0.6) is 5.75 Å². The van der Waals surface area contributed by atoms with Crippen LogP contribution in [-0.2, 0) is 6.54 Å². The monoisotopic (exact) mass is 342 g/mol. The second-order valence-corrected chi connectivity index (χ2v) is 5.03. The Kier molecular flexibility index (Phi) is 6.39. The molecule has 1 aromatic rings. The van der Waals surface area contributed by atoms with Crippen LogP contribution in [0, 0.1) is 10.1 Å². The molecule has 1 rings (SSSR count). The lowest BCUT2D eigenvalue weighted by Crippen LogP contribution is -2.35. The first-order chi connectivity index (χ1) is 10.1. The zero-order chi connectivity index (χ0) is 16.9. The van der Waals surface area contributed by atoms with Gasteiger partial charge < -0.3 is 10.2 Å². The third-order valence-corrected chi connectivity index (χ3v) is 2.98. The molecule has 0 unspecified atom stereocenters. The lowest BCUT2D eigenvalue weighted by Gasteiger charge is -2.23. The van der Waals surface area contributed by atoms with Crippen LogP contribution in [0.2, 0.25) is 5.02 Å². The Morgan fingerprint density at radius 3 is 2.50 bits per heavy atom. The highest BCUT2D eigenvalue weighted by Crippen LogP contribution is 2.34. The fourth-order valence-electron chi connectivity index (χ4n) is 1.90. The molecule has 0 amide bonds. The van der Waals surface area contributed by atoms with E-state index >= 15 is 0 Å². The molecular formula is C12H14ClF3N2O4. The van der Waals surface area contributed by atoms with Crippen molar-refractivity contribution in [3.8, 4) is 5.75 Å². The van der Waals surface area contributed by atoms with Gasteiger partial charge in [-0.05, 0) is 12.5 Å². The van der Waals surface area contributed by atoms with Gasteiger partial charge in [0.2, 0.25) is 0 Å². The molecule has 0 bridgehead atoms. The number of aliphatic hydroxyl groups excluding tert-OH is 1. The summed E-state index contributed by atoms with van der Waals surface area (Å²) in [5.74, 6) is -0.717. The maximum absolute atomic E-state index is 12.5. The Hall–Kier alpha value is -1.58. The van der Waals surface area contributed by atoms with Gasteiger partial charge >= 0.3 is 11.9 Å². The van der Waals surface area contributed by atoms with Gasteiger partial charge in [-0.2, -0.15) is 13.2 Å². The number of halogens is 4. The maximum atomic E-state index is 12.5. The molecule has 0 aliphatic rings. The lowest BCUT2D eigenvalue weighted by molar-refractivity contribution is -0.385. The number of alkyl halides is 3. The summed E-state index contributed by atoms with van der Waals surface area (Å²) in [5, 5.41) is 29.2. The van der Waals surface area contributed by atoms with E-state index < -0.39 is 29.1 Å². The Balaban J connectivity index is 3.04. The van der Waals surface area contributed by atoms with Crippen molar-refractivity contribution in [2.24, 2.45) is 0 Å². The number of aliphatic hydroxyl groups is 1. The Labute approximate surface area is 128 Å². The molecular weight excluding hydrogens is 329 g/mol. The Morgan fingerprint density at radius 2 is 2.00 bits per heavy atom. The van der Waals surface area contributed by atoms with E-state index in [-0.39, 0.29) is 36.7 Å². The van der Waals surface area contributed by atoms with Crippen molar-refractivity contribution in [1.82, 2.24) is 4.90 Å². The molecule has 2 N–H and O–H groups in total. The number of nitro benzene ring substituents is 1. The summed E-state index contributed by atoms with van der Waals surface area (Å²) in [6.45, 7) is -2.04. The molecule has 6 nitrogen and oxygen atoms in total. The van der Waals surface area contributed by atoms with Crippen LogP contribution in [0.1, 0.15) is 12.0 Å². The summed E-state index contributed by atoms with van der Waals surface area (Å²) in [7, 11) is 0. The van der Waals surface area contributed by atoms with E-state index in [1.54, 1.807) is 0 Å². The molecule has 0 radical (unpaired) electrons. The van der Waals surface area contributed by atoms with Crippen molar-refractivity contribution in [1.29, 1.82) is 0 Å². The number of nitrogens with zero attached hydrogens (tertiary/aromatic N) is 2. The topological polar surface area (TPSA) is 86.8 Å². The van der Waals surface area contributed by atoms with E-state index in [1.165, 1.54) is 6.07 Å². The van der Waals surface area contributed by atoms with Gasteiger partial charge in [0.25, 0.3) is 0 Å². The summed E-state index contributed by atoms with van der Waals surface area (Å²) in [4.78, 5) is 10.8. The first-order valence-electron chi connectivity index (χ1n) is 6.20. The smallest absolute Gasteiger partial charge is 0.401 e. The van der Waals surface area contributed by atoms with Crippen molar-refractivity contribution in [3.05, 3.63) is 32.8 Å². The van der Waals surface area contributed by atoms with Gasteiger partial charge in [-0.3, -0.25) is 15.0 Å². The van der Waals surface area contributed by atoms with E-state index in [9.17, 15) is 28.4 Å². The molecule has 0 fully saturated rings. The van der Waals surface area contributed by atoms with Crippen LogP contribution < -0.4 is 0 Å². The van der Waals surface area contributed by atoms with Crippen LogP contribution in [0.3, 0.4) is 0 Å². The average Bonchev–Trinajstić information content (AvgIpc) is 2.37. The largest absolute Gasteiger partial charge is 0.502 e.